The van der Waals surface area contributed by atoms with Crippen LogP contribution in [0.15, 0.2) is 0 Å². The van der Waals surface area contributed by atoms with Gasteiger partial charge in [0.2, 0.25) is 5.91 Å². The maximum atomic E-state index is 12.0. The van der Waals surface area contributed by atoms with Gasteiger partial charge in [0.1, 0.15) is 0 Å². The van der Waals surface area contributed by atoms with Crippen LogP contribution in [-0.2, 0) is 9.59 Å². The van der Waals surface area contributed by atoms with Crippen LogP contribution < -0.4 is 26.8 Å². The monoisotopic (exact) mass is 323 g/mol. The van der Waals surface area contributed by atoms with Crippen LogP contribution in [0.1, 0.15) is 51.9 Å². The van der Waals surface area contributed by atoms with Gasteiger partial charge in [-0.3, -0.25) is 20.3 Å². The Morgan fingerprint density at radius 1 is 1.22 bits per heavy atom. The number of hydrazine groups is 1. The van der Waals surface area contributed by atoms with Crippen LogP contribution in [0.3, 0.4) is 0 Å². The lowest BCUT2D eigenvalue weighted by Gasteiger charge is -2.44. The molecule has 5 unspecified atom stereocenters. The molecule has 2 amide bonds. The molecule has 0 aromatic heterocycles. The normalized spacial score (nSPS) is 37.6. The standard InChI is InChI=1S/C16H29N5O2/c1-2-13(22)18-10-5-3-6-11(9-10)19-15-12-7-4-8-17-14(12)16(23)21-20-15/h10-12,14-15,17,19-20H,2-9H2,1H3,(H,18,22)(H,21,23). The molecule has 2 saturated heterocycles. The number of carbonyl (C=O) groups excluding carboxylic acids is 2. The van der Waals surface area contributed by atoms with Crippen molar-refractivity contribution in [3.05, 3.63) is 0 Å². The van der Waals surface area contributed by atoms with E-state index in [1.165, 1.54) is 0 Å². The summed E-state index contributed by atoms with van der Waals surface area (Å²) in [4.78, 5) is 23.6. The summed E-state index contributed by atoms with van der Waals surface area (Å²) in [5.74, 6) is 0.461. The first-order valence-corrected chi connectivity index (χ1v) is 9.01. The molecule has 5 N–H and O–H groups in total. The van der Waals surface area contributed by atoms with Crippen LogP contribution >= 0.6 is 0 Å². The van der Waals surface area contributed by atoms with Crippen molar-refractivity contribution in [3.63, 3.8) is 0 Å². The highest BCUT2D eigenvalue weighted by Gasteiger charge is 2.41. The first kappa shape index (κ1) is 16.7. The van der Waals surface area contributed by atoms with Gasteiger partial charge < -0.3 is 10.6 Å². The molecule has 0 aromatic rings. The molecule has 2 aliphatic heterocycles. The van der Waals surface area contributed by atoms with Gasteiger partial charge in [-0.1, -0.05) is 6.92 Å². The summed E-state index contributed by atoms with van der Waals surface area (Å²) in [5.41, 5.74) is 5.93. The Hall–Kier alpha value is -1.18. The number of hydrogen-bond donors (Lipinski definition) is 5. The van der Waals surface area contributed by atoms with Crippen LogP contribution in [-0.4, -0.2) is 42.7 Å². The topological polar surface area (TPSA) is 94.3 Å². The molecular formula is C16H29N5O2. The summed E-state index contributed by atoms with van der Waals surface area (Å²) in [6.07, 6.45) is 7.06. The number of amides is 2. The molecule has 3 rings (SSSR count). The second-order valence-corrected chi connectivity index (χ2v) is 7.00. The van der Waals surface area contributed by atoms with Gasteiger partial charge in [0.25, 0.3) is 5.91 Å². The molecule has 0 aromatic carbocycles. The Labute approximate surface area is 137 Å². The van der Waals surface area contributed by atoms with Gasteiger partial charge in [-0.05, 0) is 45.1 Å². The van der Waals surface area contributed by atoms with Gasteiger partial charge >= 0.3 is 0 Å². The van der Waals surface area contributed by atoms with Gasteiger partial charge in [-0.25, -0.2) is 5.43 Å². The third-order valence-corrected chi connectivity index (χ3v) is 5.34. The molecule has 130 valence electrons. The molecule has 7 heteroatoms. The third kappa shape index (κ3) is 4.02. The van der Waals surface area contributed by atoms with Crippen molar-refractivity contribution in [2.45, 2.75) is 76.2 Å². The Morgan fingerprint density at radius 2 is 2.04 bits per heavy atom. The van der Waals surface area contributed by atoms with E-state index in [9.17, 15) is 9.59 Å². The summed E-state index contributed by atoms with van der Waals surface area (Å²) in [6.45, 7) is 2.80. The minimum absolute atomic E-state index is 0.0458. The summed E-state index contributed by atoms with van der Waals surface area (Å²) in [6, 6.07) is 0.551. The number of fused-ring (bicyclic) bond motifs is 1. The largest absolute Gasteiger partial charge is 0.353 e. The smallest absolute Gasteiger partial charge is 0.251 e. The van der Waals surface area contributed by atoms with Gasteiger partial charge in [-0.15, -0.1) is 0 Å². The molecule has 1 saturated carbocycles. The van der Waals surface area contributed by atoms with Crippen molar-refractivity contribution in [2.75, 3.05) is 6.54 Å². The van der Waals surface area contributed by atoms with Crippen molar-refractivity contribution < 1.29 is 9.59 Å². The SMILES string of the molecule is CCC(=O)NC1CCCC(NC2NNC(=O)C3NCCCC23)C1. The van der Waals surface area contributed by atoms with Crippen molar-refractivity contribution in [1.82, 2.24) is 26.8 Å². The molecule has 0 radical (unpaired) electrons. The number of rotatable bonds is 4. The minimum atomic E-state index is -0.0957. The second kappa shape index (κ2) is 7.59. The van der Waals surface area contributed by atoms with E-state index in [4.69, 9.17) is 0 Å². The average Bonchev–Trinajstić information content (AvgIpc) is 2.58. The van der Waals surface area contributed by atoms with Crippen molar-refractivity contribution in [3.8, 4) is 0 Å². The van der Waals surface area contributed by atoms with E-state index in [2.05, 4.69) is 26.8 Å². The fourth-order valence-electron chi connectivity index (χ4n) is 4.11. The fraction of sp³-hybridized carbons (Fsp3) is 0.875. The number of nitrogens with one attached hydrogen (secondary N) is 5. The molecule has 2 heterocycles. The molecule has 1 aliphatic carbocycles. The minimum Gasteiger partial charge on any atom is -0.353 e. The number of hydrogen-bond acceptors (Lipinski definition) is 5. The van der Waals surface area contributed by atoms with Gasteiger partial charge in [0.05, 0.1) is 12.2 Å². The van der Waals surface area contributed by atoms with E-state index in [1.807, 2.05) is 6.92 Å². The summed E-state index contributed by atoms with van der Waals surface area (Å²) in [7, 11) is 0. The molecular weight excluding hydrogens is 294 g/mol. The van der Waals surface area contributed by atoms with Gasteiger partial charge in [-0.2, -0.15) is 0 Å². The average molecular weight is 323 g/mol. The van der Waals surface area contributed by atoms with Crippen molar-refractivity contribution >= 4 is 11.8 Å². The zero-order valence-electron chi connectivity index (χ0n) is 13.9. The lowest BCUT2D eigenvalue weighted by Crippen LogP contribution is -2.71. The molecule has 23 heavy (non-hydrogen) atoms. The molecule has 3 fully saturated rings. The van der Waals surface area contributed by atoms with Crippen LogP contribution in [0.2, 0.25) is 0 Å². The van der Waals surface area contributed by atoms with Crippen molar-refractivity contribution in [2.24, 2.45) is 5.92 Å². The molecule has 0 bridgehead atoms. The first-order chi connectivity index (χ1) is 11.2. The van der Waals surface area contributed by atoms with E-state index < -0.39 is 0 Å². The fourth-order valence-corrected chi connectivity index (χ4v) is 4.11. The Balaban J connectivity index is 1.55. The zero-order chi connectivity index (χ0) is 16.2. The Bertz CT molecular complexity index is 444. The predicted octanol–water partition coefficient (Wildman–Crippen LogP) is -0.258. The Kier molecular flexibility index (Phi) is 5.50. The highest BCUT2D eigenvalue weighted by Crippen LogP contribution is 2.25. The molecule has 0 spiro atoms. The van der Waals surface area contributed by atoms with E-state index in [1.54, 1.807) is 0 Å². The highest BCUT2D eigenvalue weighted by molar-refractivity contribution is 5.82. The molecule has 7 nitrogen and oxygen atoms in total. The van der Waals surface area contributed by atoms with Gasteiger partial charge in [0.15, 0.2) is 0 Å². The highest BCUT2D eigenvalue weighted by atomic mass is 16.2. The third-order valence-electron chi connectivity index (χ3n) is 5.34. The summed E-state index contributed by atoms with van der Waals surface area (Å²) >= 11 is 0. The number of carbonyl (C=O) groups is 2. The Morgan fingerprint density at radius 3 is 2.87 bits per heavy atom. The van der Waals surface area contributed by atoms with E-state index in [0.717, 1.165) is 45.1 Å². The van der Waals surface area contributed by atoms with E-state index in [-0.39, 0.29) is 36.0 Å². The van der Waals surface area contributed by atoms with Gasteiger partial charge in [0, 0.05) is 24.4 Å². The first-order valence-electron chi connectivity index (χ1n) is 9.01. The lowest BCUT2D eigenvalue weighted by atomic mass is 9.84. The predicted molar refractivity (Wildman–Crippen MR) is 87.2 cm³/mol. The summed E-state index contributed by atoms with van der Waals surface area (Å²) < 4.78 is 0. The quantitative estimate of drug-likeness (QED) is 0.491. The van der Waals surface area contributed by atoms with Crippen LogP contribution in [0.5, 0.6) is 0 Å². The van der Waals surface area contributed by atoms with Crippen molar-refractivity contribution in [1.29, 1.82) is 0 Å². The summed E-state index contributed by atoms with van der Waals surface area (Å²) in [5, 5.41) is 10.1. The molecule has 3 aliphatic rings. The van der Waals surface area contributed by atoms with Crippen LogP contribution in [0.4, 0.5) is 0 Å². The number of piperidine rings is 1. The maximum absolute atomic E-state index is 12.0. The second-order valence-electron chi connectivity index (χ2n) is 7.00. The lowest BCUT2D eigenvalue weighted by molar-refractivity contribution is -0.130. The zero-order valence-corrected chi connectivity index (χ0v) is 13.9. The molecule has 5 atom stereocenters. The van der Waals surface area contributed by atoms with Crippen LogP contribution in [0, 0.1) is 5.92 Å². The van der Waals surface area contributed by atoms with E-state index >= 15 is 0 Å². The van der Waals surface area contributed by atoms with Crippen LogP contribution in [0.25, 0.3) is 0 Å². The maximum Gasteiger partial charge on any atom is 0.251 e. The van der Waals surface area contributed by atoms with E-state index in [0.29, 0.717) is 12.5 Å².